The second kappa shape index (κ2) is 6.39. The molecule has 0 atom stereocenters. The Labute approximate surface area is 144 Å². The first-order chi connectivity index (χ1) is 11.3. The molecule has 2 aromatic heterocycles. The van der Waals surface area contributed by atoms with Crippen LogP contribution in [-0.2, 0) is 27.8 Å². The van der Waals surface area contributed by atoms with E-state index in [0.717, 1.165) is 25.0 Å². The van der Waals surface area contributed by atoms with Crippen molar-refractivity contribution in [3.05, 3.63) is 33.1 Å². The van der Waals surface area contributed by atoms with Crippen molar-refractivity contribution in [1.82, 2.24) is 5.16 Å². The molecule has 0 fully saturated rings. The number of esters is 1. The fraction of sp³-hybridized carbons (Fsp3) is 0.471. The molecule has 1 aliphatic rings. The summed E-state index contributed by atoms with van der Waals surface area (Å²) in [5.74, 6) is -0.669. The third-order valence-electron chi connectivity index (χ3n) is 3.82. The second-order valence-corrected chi connectivity index (χ2v) is 8.00. The molecule has 0 aromatic carbocycles. The first-order valence-electron chi connectivity index (χ1n) is 7.88. The zero-order valence-corrected chi connectivity index (χ0v) is 14.8. The molecular formula is C17H20N2O4S. The summed E-state index contributed by atoms with van der Waals surface area (Å²) in [6, 6.07) is 3.54. The number of rotatable bonds is 4. The lowest BCUT2D eigenvalue weighted by atomic mass is 9.92. The molecule has 1 amide bonds. The quantitative estimate of drug-likeness (QED) is 0.857. The maximum atomic E-state index is 12.0. The van der Waals surface area contributed by atoms with Crippen LogP contribution >= 0.6 is 11.3 Å². The Morgan fingerprint density at radius 2 is 2.12 bits per heavy atom. The van der Waals surface area contributed by atoms with Crippen molar-refractivity contribution in [3.8, 4) is 0 Å². The lowest BCUT2D eigenvalue weighted by Crippen LogP contribution is -2.20. The van der Waals surface area contributed by atoms with Gasteiger partial charge in [-0.05, 0) is 30.9 Å². The summed E-state index contributed by atoms with van der Waals surface area (Å²) in [7, 11) is 0. The van der Waals surface area contributed by atoms with Gasteiger partial charge in [0.05, 0.1) is 5.69 Å². The average molecular weight is 348 g/mol. The first kappa shape index (κ1) is 16.7. The molecule has 0 unspecified atom stereocenters. The van der Waals surface area contributed by atoms with Gasteiger partial charge in [-0.25, -0.2) is 4.79 Å². The van der Waals surface area contributed by atoms with Crippen LogP contribution in [0.3, 0.4) is 0 Å². The number of thiophene rings is 1. The van der Waals surface area contributed by atoms with Crippen LogP contribution in [-0.4, -0.2) is 23.6 Å². The molecule has 1 aliphatic carbocycles. The number of hydrogen-bond donors (Lipinski definition) is 1. The number of nitrogens with one attached hydrogen (secondary N) is 1. The molecule has 0 radical (unpaired) electrons. The molecule has 0 saturated carbocycles. The number of fused-ring (bicyclic) bond motifs is 1. The van der Waals surface area contributed by atoms with Gasteiger partial charge >= 0.3 is 5.97 Å². The van der Waals surface area contributed by atoms with Crippen molar-refractivity contribution in [2.24, 2.45) is 0 Å². The normalized spacial score (nSPS) is 13.6. The average Bonchev–Trinajstić information content (AvgIpc) is 3.18. The van der Waals surface area contributed by atoms with E-state index in [-0.39, 0.29) is 17.9 Å². The summed E-state index contributed by atoms with van der Waals surface area (Å²) < 4.78 is 10.1. The Morgan fingerprint density at radius 3 is 2.79 bits per heavy atom. The maximum Gasteiger partial charge on any atom is 0.348 e. The molecule has 128 valence electrons. The second-order valence-electron chi connectivity index (χ2n) is 6.86. The molecule has 7 heteroatoms. The molecule has 2 heterocycles. The molecule has 0 bridgehead atoms. The zero-order valence-electron chi connectivity index (χ0n) is 14.0. The van der Waals surface area contributed by atoms with E-state index in [1.54, 1.807) is 6.07 Å². The smallest absolute Gasteiger partial charge is 0.348 e. The monoisotopic (exact) mass is 348 g/mol. The van der Waals surface area contributed by atoms with Crippen LogP contribution in [0.15, 0.2) is 16.7 Å². The summed E-state index contributed by atoms with van der Waals surface area (Å²) in [5.41, 5.74) is 1.80. The van der Waals surface area contributed by atoms with Crippen molar-refractivity contribution >= 4 is 29.1 Å². The highest BCUT2D eigenvalue weighted by Crippen LogP contribution is 2.31. The topological polar surface area (TPSA) is 81.4 Å². The highest BCUT2D eigenvalue weighted by Gasteiger charge is 2.21. The standard InChI is InChI=1S/C17H20N2O4S/c1-17(2,3)13-8-15(23-19-13)18-14(20)9-22-16(21)12-7-10-5-4-6-11(10)24-12/h7-8H,4-6,9H2,1-3H3,(H,18,20). The Hall–Kier alpha value is -2.15. The SMILES string of the molecule is CC(C)(C)c1cc(NC(=O)COC(=O)c2cc3c(s2)CCC3)on1. The van der Waals surface area contributed by atoms with Gasteiger partial charge in [0.2, 0.25) is 5.88 Å². The number of amides is 1. The summed E-state index contributed by atoms with van der Waals surface area (Å²) in [5, 5.41) is 6.45. The van der Waals surface area contributed by atoms with E-state index in [0.29, 0.717) is 4.88 Å². The molecule has 24 heavy (non-hydrogen) atoms. The van der Waals surface area contributed by atoms with Crippen LogP contribution in [0.25, 0.3) is 0 Å². The number of carbonyl (C=O) groups excluding carboxylic acids is 2. The summed E-state index contributed by atoms with van der Waals surface area (Å²) in [6.07, 6.45) is 3.18. The van der Waals surface area contributed by atoms with Crippen molar-refractivity contribution in [2.45, 2.75) is 45.4 Å². The number of anilines is 1. The van der Waals surface area contributed by atoms with Crippen molar-refractivity contribution in [1.29, 1.82) is 0 Å². The predicted molar refractivity (Wildman–Crippen MR) is 90.5 cm³/mol. The maximum absolute atomic E-state index is 12.0. The molecular weight excluding hydrogens is 328 g/mol. The first-order valence-corrected chi connectivity index (χ1v) is 8.70. The van der Waals surface area contributed by atoms with Gasteiger partial charge < -0.3 is 9.26 Å². The Kier molecular flexibility index (Phi) is 4.45. The Balaban J connectivity index is 1.51. The van der Waals surface area contributed by atoms with Gasteiger partial charge in [0.25, 0.3) is 5.91 Å². The molecule has 1 N–H and O–H groups in total. The van der Waals surface area contributed by atoms with Gasteiger partial charge in [0.1, 0.15) is 4.88 Å². The minimum Gasteiger partial charge on any atom is -0.451 e. The zero-order chi connectivity index (χ0) is 17.3. The van der Waals surface area contributed by atoms with E-state index in [4.69, 9.17) is 9.26 Å². The molecule has 0 aliphatic heterocycles. The van der Waals surface area contributed by atoms with E-state index in [2.05, 4.69) is 10.5 Å². The van der Waals surface area contributed by atoms with Crippen molar-refractivity contribution in [2.75, 3.05) is 11.9 Å². The summed E-state index contributed by atoms with van der Waals surface area (Å²) in [4.78, 5) is 25.7. The van der Waals surface area contributed by atoms with Crippen LogP contribution in [0.2, 0.25) is 0 Å². The molecule has 2 aromatic rings. The Morgan fingerprint density at radius 1 is 1.33 bits per heavy atom. The minimum atomic E-state index is -0.461. The number of aromatic nitrogens is 1. The van der Waals surface area contributed by atoms with Gasteiger partial charge in [0, 0.05) is 16.4 Å². The Bertz CT molecular complexity index is 748. The number of carbonyl (C=O) groups is 2. The highest BCUT2D eigenvalue weighted by molar-refractivity contribution is 7.14. The molecule has 6 nitrogen and oxygen atoms in total. The number of aryl methyl sites for hydroxylation is 2. The third kappa shape index (κ3) is 3.67. The fourth-order valence-corrected chi connectivity index (χ4v) is 3.64. The number of ether oxygens (including phenoxy) is 1. The summed E-state index contributed by atoms with van der Waals surface area (Å²) >= 11 is 1.46. The van der Waals surface area contributed by atoms with E-state index in [1.807, 2.05) is 26.8 Å². The largest absolute Gasteiger partial charge is 0.451 e. The highest BCUT2D eigenvalue weighted by atomic mass is 32.1. The third-order valence-corrected chi connectivity index (χ3v) is 5.04. The van der Waals surface area contributed by atoms with Crippen molar-refractivity contribution < 1.29 is 18.8 Å². The van der Waals surface area contributed by atoms with Crippen LogP contribution in [0.4, 0.5) is 5.88 Å². The number of nitrogens with zero attached hydrogens (tertiary/aromatic N) is 1. The molecule has 0 saturated heterocycles. The predicted octanol–water partition coefficient (Wildman–Crippen LogP) is 3.32. The van der Waals surface area contributed by atoms with Gasteiger partial charge in [0.15, 0.2) is 6.61 Å². The van der Waals surface area contributed by atoms with E-state index in [9.17, 15) is 9.59 Å². The van der Waals surface area contributed by atoms with E-state index < -0.39 is 11.9 Å². The van der Waals surface area contributed by atoms with Gasteiger partial charge in [-0.15, -0.1) is 11.3 Å². The van der Waals surface area contributed by atoms with Gasteiger partial charge in [-0.1, -0.05) is 25.9 Å². The fourth-order valence-electron chi connectivity index (χ4n) is 2.49. The van der Waals surface area contributed by atoms with Crippen LogP contribution < -0.4 is 5.32 Å². The number of hydrogen-bond acceptors (Lipinski definition) is 6. The summed E-state index contributed by atoms with van der Waals surface area (Å²) in [6.45, 7) is 5.64. The van der Waals surface area contributed by atoms with Crippen LogP contribution in [0.5, 0.6) is 0 Å². The van der Waals surface area contributed by atoms with Crippen LogP contribution in [0.1, 0.15) is 53.0 Å². The van der Waals surface area contributed by atoms with Gasteiger partial charge in [-0.2, -0.15) is 0 Å². The lowest BCUT2D eigenvalue weighted by Gasteiger charge is -2.12. The molecule has 0 spiro atoms. The van der Waals surface area contributed by atoms with E-state index in [1.165, 1.54) is 21.8 Å². The van der Waals surface area contributed by atoms with Crippen LogP contribution in [0, 0.1) is 0 Å². The van der Waals surface area contributed by atoms with Crippen molar-refractivity contribution in [3.63, 3.8) is 0 Å². The lowest BCUT2D eigenvalue weighted by molar-refractivity contribution is -0.119. The minimum absolute atomic E-state index is 0.168. The molecule has 3 rings (SSSR count). The van der Waals surface area contributed by atoms with E-state index >= 15 is 0 Å². The van der Waals surface area contributed by atoms with Gasteiger partial charge in [-0.3, -0.25) is 10.1 Å².